The van der Waals surface area contributed by atoms with E-state index in [9.17, 15) is 14.0 Å². The van der Waals surface area contributed by atoms with E-state index in [0.717, 1.165) is 6.42 Å². The fourth-order valence-electron chi connectivity index (χ4n) is 2.49. The standard InChI is InChI=1S/C14H21FN4O2.ClH/c1-2-5-19-8-9(14(16)21)12(6-13(19)20)18-11-3-4-17-7-10(11)15;/h6,8,10-11,17-18H,2-5,7H2,1H3,(H2,16,21);1H/t10-,11+;/m0./s1. The molecule has 8 heteroatoms. The predicted octanol–water partition coefficient (Wildman–Crippen LogP) is 0.891. The van der Waals surface area contributed by atoms with Gasteiger partial charge in [0.2, 0.25) is 0 Å². The molecule has 2 atom stereocenters. The summed E-state index contributed by atoms with van der Waals surface area (Å²) in [5, 5.41) is 5.91. The van der Waals surface area contributed by atoms with Crippen LogP contribution in [0.4, 0.5) is 10.1 Å². The van der Waals surface area contributed by atoms with Gasteiger partial charge in [0.25, 0.3) is 11.5 Å². The van der Waals surface area contributed by atoms with Gasteiger partial charge in [-0.25, -0.2) is 4.39 Å². The number of nitrogens with zero attached hydrogens (tertiary/aromatic N) is 1. The normalized spacial score (nSPS) is 21.0. The number of nitrogens with two attached hydrogens (primary N) is 1. The van der Waals surface area contributed by atoms with Crippen LogP contribution in [-0.4, -0.2) is 35.8 Å². The van der Waals surface area contributed by atoms with Crippen LogP contribution in [0.1, 0.15) is 30.1 Å². The first-order valence-electron chi connectivity index (χ1n) is 7.18. The van der Waals surface area contributed by atoms with Crippen molar-refractivity contribution in [1.29, 1.82) is 0 Å². The quantitative estimate of drug-likeness (QED) is 0.747. The minimum atomic E-state index is -1.07. The molecule has 1 amide bonds. The van der Waals surface area contributed by atoms with Crippen LogP contribution in [0, 0.1) is 0 Å². The Bertz CT molecular complexity index is 578. The Kier molecular flexibility index (Phi) is 6.83. The summed E-state index contributed by atoms with van der Waals surface area (Å²) in [5.74, 6) is -0.633. The van der Waals surface area contributed by atoms with Crippen molar-refractivity contribution < 1.29 is 9.18 Å². The fraction of sp³-hybridized carbons (Fsp3) is 0.571. The van der Waals surface area contributed by atoms with E-state index in [1.165, 1.54) is 16.8 Å². The molecular weight excluding hydrogens is 311 g/mol. The van der Waals surface area contributed by atoms with Gasteiger partial charge in [0.1, 0.15) is 6.17 Å². The van der Waals surface area contributed by atoms with E-state index in [0.29, 0.717) is 25.2 Å². The number of halogens is 2. The third kappa shape index (κ3) is 4.20. The lowest BCUT2D eigenvalue weighted by molar-refractivity contribution is 0.1000. The maximum absolute atomic E-state index is 13.8. The van der Waals surface area contributed by atoms with E-state index >= 15 is 0 Å². The van der Waals surface area contributed by atoms with Gasteiger partial charge in [0, 0.05) is 25.4 Å². The van der Waals surface area contributed by atoms with Gasteiger partial charge in [0.05, 0.1) is 17.3 Å². The second-order valence-corrected chi connectivity index (χ2v) is 5.26. The topological polar surface area (TPSA) is 89.2 Å². The van der Waals surface area contributed by atoms with Crippen LogP contribution in [0.3, 0.4) is 0 Å². The summed E-state index contributed by atoms with van der Waals surface area (Å²) in [6.45, 7) is 3.40. The second-order valence-electron chi connectivity index (χ2n) is 5.26. The Morgan fingerprint density at radius 1 is 1.59 bits per heavy atom. The number of pyridine rings is 1. The van der Waals surface area contributed by atoms with Gasteiger partial charge in [-0.05, 0) is 19.4 Å². The SMILES string of the molecule is CCCn1cc(C(N)=O)c(N[C@@H]2CCNC[C@@H]2F)cc1=O.Cl. The summed E-state index contributed by atoms with van der Waals surface area (Å²) in [5.41, 5.74) is 5.67. The molecule has 0 radical (unpaired) electrons. The Balaban J connectivity index is 0.00000242. The fourth-order valence-corrected chi connectivity index (χ4v) is 2.49. The van der Waals surface area contributed by atoms with Crippen LogP contribution in [0.15, 0.2) is 17.1 Å². The Morgan fingerprint density at radius 2 is 2.32 bits per heavy atom. The number of hydrogen-bond acceptors (Lipinski definition) is 4. The maximum atomic E-state index is 13.8. The highest BCUT2D eigenvalue weighted by Crippen LogP contribution is 2.18. The van der Waals surface area contributed by atoms with Crippen LogP contribution in [0.5, 0.6) is 0 Å². The molecule has 2 heterocycles. The van der Waals surface area contributed by atoms with Crippen molar-refractivity contribution in [2.24, 2.45) is 5.73 Å². The Hall–Kier alpha value is -1.60. The highest BCUT2D eigenvalue weighted by molar-refractivity contribution is 5.98. The van der Waals surface area contributed by atoms with Crippen molar-refractivity contribution in [3.8, 4) is 0 Å². The average Bonchev–Trinajstić information content (AvgIpc) is 2.44. The maximum Gasteiger partial charge on any atom is 0.252 e. The van der Waals surface area contributed by atoms with Crippen LogP contribution in [-0.2, 0) is 6.54 Å². The predicted molar refractivity (Wildman–Crippen MR) is 86.6 cm³/mol. The number of alkyl halides is 1. The molecule has 4 N–H and O–H groups in total. The number of piperidine rings is 1. The zero-order chi connectivity index (χ0) is 15.4. The summed E-state index contributed by atoms with van der Waals surface area (Å²) in [6.07, 6.45) is 1.73. The Morgan fingerprint density at radius 3 is 2.91 bits per heavy atom. The first kappa shape index (κ1) is 18.4. The minimum absolute atomic E-state index is 0. The van der Waals surface area contributed by atoms with E-state index in [1.54, 1.807) is 0 Å². The average molecular weight is 333 g/mol. The monoisotopic (exact) mass is 332 g/mol. The molecule has 0 bridgehead atoms. The molecule has 124 valence electrons. The number of amides is 1. The first-order valence-corrected chi connectivity index (χ1v) is 7.18. The zero-order valence-corrected chi connectivity index (χ0v) is 13.3. The molecule has 0 aliphatic carbocycles. The third-order valence-electron chi connectivity index (χ3n) is 3.60. The van der Waals surface area contributed by atoms with E-state index in [2.05, 4.69) is 10.6 Å². The van der Waals surface area contributed by atoms with Gasteiger partial charge in [-0.1, -0.05) is 6.92 Å². The highest BCUT2D eigenvalue weighted by atomic mass is 35.5. The number of hydrogen-bond donors (Lipinski definition) is 3. The lowest BCUT2D eigenvalue weighted by Gasteiger charge is -2.29. The van der Waals surface area contributed by atoms with Gasteiger partial charge < -0.3 is 20.9 Å². The van der Waals surface area contributed by atoms with Gasteiger partial charge in [-0.2, -0.15) is 0 Å². The smallest absolute Gasteiger partial charge is 0.252 e. The van der Waals surface area contributed by atoms with Crippen LogP contribution >= 0.6 is 12.4 Å². The van der Waals surface area contributed by atoms with Crippen molar-refractivity contribution >= 4 is 24.0 Å². The summed E-state index contributed by atoms with van der Waals surface area (Å²) in [7, 11) is 0. The molecule has 2 rings (SSSR count). The van der Waals surface area contributed by atoms with Gasteiger partial charge >= 0.3 is 0 Å². The van der Waals surface area contributed by atoms with Gasteiger partial charge in [0.15, 0.2) is 0 Å². The zero-order valence-electron chi connectivity index (χ0n) is 12.5. The number of aryl methyl sites for hydroxylation is 1. The van der Waals surface area contributed by atoms with Crippen molar-refractivity contribution in [3.05, 3.63) is 28.2 Å². The number of carbonyl (C=O) groups excluding carboxylic acids is 1. The largest absolute Gasteiger partial charge is 0.378 e. The molecule has 0 aromatic carbocycles. The number of nitrogens with one attached hydrogen (secondary N) is 2. The summed E-state index contributed by atoms with van der Waals surface area (Å²) < 4.78 is 15.3. The molecule has 0 saturated carbocycles. The number of anilines is 1. The molecule has 0 spiro atoms. The molecule has 1 aliphatic rings. The number of primary amides is 1. The molecule has 1 aliphatic heterocycles. The second kappa shape index (κ2) is 8.14. The van der Waals surface area contributed by atoms with Crippen molar-refractivity contribution in [3.63, 3.8) is 0 Å². The summed E-state index contributed by atoms with van der Waals surface area (Å²) in [4.78, 5) is 23.6. The molecular formula is C14H22ClFN4O2. The Labute approximate surface area is 134 Å². The number of carbonyl (C=O) groups is 1. The molecule has 1 aromatic heterocycles. The summed E-state index contributed by atoms with van der Waals surface area (Å²) >= 11 is 0. The van der Waals surface area contributed by atoms with E-state index in [-0.39, 0.29) is 30.1 Å². The first-order chi connectivity index (χ1) is 10.0. The summed E-state index contributed by atoms with van der Waals surface area (Å²) in [6, 6.07) is 0.899. The molecule has 1 aromatic rings. The minimum Gasteiger partial charge on any atom is -0.378 e. The number of aromatic nitrogens is 1. The van der Waals surface area contributed by atoms with Crippen molar-refractivity contribution in [2.75, 3.05) is 18.4 Å². The third-order valence-corrected chi connectivity index (χ3v) is 3.60. The van der Waals surface area contributed by atoms with Crippen LogP contribution in [0.2, 0.25) is 0 Å². The van der Waals surface area contributed by atoms with E-state index in [1.807, 2.05) is 6.92 Å². The highest BCUT2D eigenvalue weighted by Gasteiger charge is 2.25. The van der Waals surface area contributed by atoms with Gasteiger partial charge in [-0.15, -0.1) is 12.4 Å². The van der Waals surface area contributed by atoms with Gasteiger partial charge in [-0.3, -0.25) is 9.59 Å². The number of rotatable bonds is 5. The van der Waals surface area contributed by atoms with E-state index < -0.39 is 18.1 Å². The van der Waals surface area contributed by atoms with Crippen LogP contribution in [0.25, 0.3) is 0 Å². The molecule has 1 saturated heterocycles. The molecule has 22 heavy (non-hydrogen) atoms. The van der Waals surface area contributed by atoms with Crippen LogP contribution < -0.4 is 21.9 Å². The molecule has 0 unspecified atom stereocenters. The van der Waals surface area contributed by atoms with E-state index in [4.69, 9.17) is 5.73 Å². The lowest BCUT2D eigenvalue weighted by Crippen LogP contribution is -2.45. The molecule has 1 fully saturated rings. The van der Waals surface area contributed by atoms with Crippen molar-refractivity contribution in [1.82, 2.24) is 9.88 Å². The molecule has 6 nitrogen and oxygen atoms in total. The lowest BCUT2D eigenvalue weighted by atomic mass is 10.0. The van der Waals surface area contributed by atoms with Crippen molar-refractivity contribution in [2.45, 2.75) is 38.5 Å².